The zero-order valence-corrected chi connectivity index (χ0v) is 11.3. The van der Waals surface area contributed by atoms with Gasteiger partial charge in [0.2, 0.25) is 5.82 Å². The van der Waals surface area contributed by atoms with E-state index in [0.29, 0.717) is 12.2 Å². The summed E-state index contributed by atoms with van der Waals surface area (Å²) in [4.78, 5) is 0. The Labute approximate surface area is 114 Å². The summed E-state index contributed by atoms with van der Waals surface area (Å²) in [5.74, 6) is -8.54. The van der Waals surface area contributed by atoms with Gasteiger partial charge < -0.3 is 0 Å². The smallest absolute Gasteiger partial charge is 0.203 e. The summed E-state index contributed by atoms with van der Waals surface area (Å²) in [6.07, 6.45) is 1.15. The first-order valence-corrected chi connectivity index (χ1v) is 5.71. The van der Waals surface area contributed by atoms with Gasteiger partial charge in [-0.15, -0.1) is 0 Å². The van der Waals surface area contributed by atoms with E-state index in [0.717, 1.165) is 6.42 Å². The molecule has 1 aromatic rings. The standard InChI is InChI=1S/C10H7F5S.Au/c11-6-5(4-2-1-3-16-4)7(12)9(14)10(15)8(6)13;/h4H,1-3H2;/q;+1. The van der Waals surface area contributed by atoms with E-state index in [1.807, 2.05) is 0 Å². The van der Waals surface area contributed by atoms with Crippen LogP contribution in [0.25, 0.3) is 0 Å². The topological polar surface area (TPSA) is 0 Å². The van der Waals surface area contributed by atoms with Crippen LogP contribution in [0.2, 0.25) is 0 Å². The summed E-state index contributed by atoms with van der Waals surface area (Å²) in [7, 11) is 0. The molecule has 0 bridgehead atoms. The molecule has 1 aromatic carbocycles. The molecule has 1 saturated heterocycles. The molecular formula is C10H7AuF5S+. The van der Waals surface area contributed by atoms with E-state index in [9.17, 15) is 22.0 Å². The summed E-state index contributed by atoms with van der Waals surface area (Å²) in [6, 6.07) is 0. The molecule has 0 radical (unpaired) electrons. The maximum absolute atomic E-state index is 13.3. The molecule has 17 heavy (non-hydrogen) atoms. The Morgan fingerprint density at radius 3 is 1.71 bits per heavy atom. The SMILES string of the molecule is Fc1c(F)c(F)c(C2CCCS2)c(F)c1F.[Au+]. The Hall–Kier alpha value is -0.0397. The molecule has 0 spiro atoms. The second-order valence-electron chi connectivity index (χ2n) is 3.49. The summed E-state index contributed by atoms with van der Waals surface area (Å²) in [6.45, 7) is 0. The Kier molecular flexibility index (Phi) is 5.07. The fraction of sp³-hybridized carbons (Fsp3) is 0.400. The molecule has 1 heterocycles. The van der Waals surface area contributed by atoms with E-state index in [1.54, 1.807) is 0 Å². The van der Waals surface area contributed by atoms with Gasteiger partial charge >= 0.3 is 22.4 Å². The molecule has 0 N–H and O–H groups in total. The average Bonchev–Trinajstić information content (AvgIpc) is 2.77. The van der Waals surface area contributed by atoms with Crippen LogP contribution in [0.5, 0.6) is 0 Å². The first kappa shape index (κ1) is 15.0. The van der Waals surface area contributed by atoms with Crippen molar-refractivity contribution < 1.29 is 44.3 Å². The van der Waals surface area contributed by atoms with Crippen LogP contribution in [0.1, 0.15) is 23.7 Å². The van der Waals surface area contributed by atoms with Crippen molar-refractivity contribution >= 4 is 11.8 Å². The van der Waals surface area contributed by atoms with E-state index in [1.165, 1.54) is 11.8 Å². The van der Waals surface area contributed by atoms with Crippen LogP contribution in [0.15, 0.2) is 0 Å². The van der Waals surface area contributed by atoms with Crippen molar-refractivity contribution in [1.82, 2.24) is 0 Å². The molecule has 1 unspecified atom stereocenters. The summed E-state index contributed by atoms with van der Waals surface area (Å²) < 4.78 is 65.2. The Balaban J connectivity index is 0.00000144. The molecule has 1 atom stereocenters. The fourth-order valence-corrected chi connectivity index (χ4v) is 3.03. The van der Waals surface area contributed by atoms with Gasteiger partial charge in [0.1, 0.15) is 0 Å². The minimum atomic E-state index is -2.10. The van der Waals surface area contributed by atoms with Gasteiger partial charge in [0.25, 0.3) is 0 Å². The third-order valence-electron chi connectivity index (χ3n) is 2.50. The average molecular weight is 451 g/mol. The normalized spacial score (nSPS) is 19.2. The van der Waals surface area contributed by atoms with Crippen LogP contribution in [0.4, 0.5) is 22.0 Å². The zero-order valence-electron chi connectivity index (χ0n) is 8.30. The summed E-state index contributed by atoms with van der Waals surface area (Å²) in [5.41, 5.74) is -0.682. The summed E-state index contributed by atoms with van der Waals surface area (Å²) >= 11 is 1.21. The predicted octanol–water partition coefficient (Wildman–Crippen LogP) is 3.95. The number of hydrogen-bond donors (Lipinski definition) is 0. The van der Waals surface area contributed by atoms with Crippen molar-refractivity contribution in [2.75, 3.05) is 5.75 Å². The molecule has 98 valence electrons. The maximum atomic E-state index is 13.3. The maximum Gasteiger partial charge on any atom is 1.00 e. The van der Waals surface area contributed by atoms with Gasteiger partial charge in [-0.1, -0.05) is 0 Å². The van der Waals surface area contributed by atoms with Crippen LogP contribution in [0, 0.1) is 29.1 Å². The van der Waals surface area contributed by atoms with E-state index in [-0.39, 0.29) is 22.4 Å². The molecule has 7 heteroatoms. The van der Waals surface area contributed by atoms with Crippen molar-refractivity contribution in [2.45, 2.75) is 18.1 Å². The van der Waals surface area contributed by atoms with Crippen LogP contribution in [-0.2, 0) is 22.4 Å². The number of thioether (sulfide) groups is 1. The van der Waals surface area contributed by atoms with Crippen LogP contribution < -0.4 is 0 Å². The molecule has 0 nitrogen and oxygen atoms in total. The second kappa shape index (κ2) is 5.73. The molecule has 0 aliphatic carbocycles. The van der Waals surface area contributed by atoms with Gasteiger partial charge in [0, 0.05) is 10.8 Å². The number of rotatable bonds is 1. The molecule has 1 aliphatic heterocycles. The zero-order chi connectivity index (χ0) is 11.9. The molecule has 0 amide bonds. The van der Waals surface area contributed by atoms with Crippen LogP contribution in [0.3, 0.4) is 0 Å². The Morgan fingerprint density at radius 1 is 0.824 bits per heavy atom. The Bertz CT molecular complexity index is 402. The van der Waals surface area contributed by atoms with E-state index < -0.39 is 39.9 Å². The van der Waals surface area contributed by atoms with Crippen LogP contribution in [-0.4, -0.2) is 5.75 Å². The van der Waals surface area contributed by atoms with Crippen LogP contribution >= 0.6 is 11.8 Å². The quantitative estimate of drug-likeness (QED) is 0.270. The van der Waals surface area contributed by atoms with Gasteiger partial charge in [-0.05, 0) is 18.6 Å². The van der Waals surface area contributed by atoms with E-state index >= 15 is 0 Å². The first-order valence-electron chi connectivity index (χ1n) is 4.67. The third kappa shape index (κ3) is 2.54. The van der Waals surface area contributed by atoms with Crippen molar-refractivity contribution in [2.24, 2.45) is 0 Å². The van der Waals surface area contributed by atoms with Gasteiger partial charge in [-0.2, -0.15) is 11.8 Å². The monoisotopic (exact) mass is 451 g/mol. The van der Waals surface area contributed by atoms with Gasteiger partial charge in [0.15, 0.2) is 23.3 Å². The van der Waals surface area contributed by atoms with Gasteiger partial charge in [-0.3, -0.25) is 0 Å². The van der Waals surface area contributed by atoms with Gasteiger partial charge in [-0.25, -0.2) is 22.0 Å². The molecule has 2 rings (SSSR count). The minimum Gasteiger partial charge on any atom is -0.203 e. The molecule has 1 fully saturated rings. The fourth-order valence-electron chi connectivity index (χ4n) is 1.71. The van der Waals surface area contributed by atoms with Crippen molar-refractivity contribution in [3.63, 3.8) is 0 Å². The Morgan fingerprint density at radius 2 is 1.29 bits per heavy atom. The largest absolute Gasteiger partial charge is 1.00 e. The summed E-state index contributed by atoms with van der Waals surface area (Å²) in [5, 5.41) is -0.635. The number of benzene rings is 1. The van der Waals surface area contributed by atoms with Crippen molar-refractivity contribution in [3.05, 3.63) is 34.6 Å². The van der Waals surface area contributed by atoms with Crippen molar-refractivity contribution in [3.8, 4) is 0 Å². The second-order valence-corrected chi connectivity index (χ2v) is 4.80. The predicted molar refractivity (Wildman–Crippen MR) is 50.7 cm³/mol. The minimum absolute atomic E-state index is 0. The molecular weight excluding hydrogens is 444 g/mol. The van der Waals surface area contributed by atoms with E-state index in [2.05, 4.69) is 0 Å². The number of halogens is 5. The molecule has 0 saturated carbocycles. The molecule has 1 aliphatic rings. The molecule has 0 aromatic heterocycles. The van der Waals surface area contributed by atoms with Gasteiger partial charge in [0.05, 0.1) is 0 Å². The first-order chi connectivity index (χ1) is 7.54. The third-order valence-corrected chi connectivity index (χ3v) is 3.89. The van der Waals surface area contributed by atoms with E-state index in [4.69, 9.17) is 0 Å². The van der Waals surface area contributed by atoms with Crippen molar-refractivity contribution in [1.29, 1.82) is 0 Å². The number of hydrogen-bond acceptors (Lipinski definition) is 1.